The molecule has 1 rings (SSSR count). The van der Waals surface area contributed by atoms with Crippen LogP contribution in [-0.4, -0.2) is 41.8 Å². The quantitative estimate of drug-likeness (QED) is 0.736. The average molecular weight is 214 g/mol. The molecule has 1 aliphatic rings. The van der Waals surface area contributed by atoms with Gasteiger partial charge >= 0.3 is 0 Å². The summed E-state index contributed by atoms with van der Waals surface area (Å²) < 4.78 is 0. The van der Waals surface area contributed by atoms with Crippen LogP contribution in [0.2, 0.25) is 0 Å². The van der Waals surface area contributed by atoms with Crippen LogP contribution in [-0.2, 0) is 0 Å². The fraction of sp³-hybridized carbons (Fsp3) is 1.00. The molecule has 3 atom stereocenters. The minimum absolute atomic E-state index is 0.168. The zero-order chi connectivity index (χ0) is 11.4. The van der Waals surface area contributed by atoms with Crippen molar-refractivity contribution in [3.63, 3.8) is 0 Å². The van der Waals surface area contributed by atoms with Crippen LogP contribution in [0.15, 0.2) is 0 Å². The van der Waals surface area contributed by atoms with Gasteiger partial charge in [-0.3, -0.25) is 0 Å². The number of hydrogen-bond acceptors (Lipinski definition) is 3. The molecule has 0 aromatic heterocycles. The van der Waals surface area contributed by atoms with E-state index < -0.39 is 0 Å². The van der Waals surface area contributed by atoms with Crippen LogP contribution in [0, 0.1) is 11.8 Å². The normalized spacial score (nSPS) is 30.8. The first-order chi connectivity index (χ1) is 7.02. The van der Waals surface area contributed by atoms with Gasteiger partial charge in [0, 0.05) is 19.1 Å². The summed E-state index contributed by atoms with van der Waals surface area (Å²) in [6, 6.07) is 0.295. The minimum atomic E-state index is -0.168. The molecule has 3 heteroatoms. The lowest BCUT2D eigenvalue weighted by Gasteiger charge is -2.36. The predicted molar refractivity (Wildman–Crippen MR) is 63.7 cm³/mol. The lowest BCUT2D eigenvalue weighted by molar-refractivity contribution is 0.0676. The highest BCUT2D eigenvalue weighted by Gasteiger charge is 2.26. The van der Waals surface area contributed by atoms with Crippen LogP contribution in [0.5, 0.6) is 0 Å². The highest BCUT2D eigenvalue weighted by Crippen LogP contribution is 2.22. The van der Waals surface area contributed by atoms with Crippen molar-refractivity contribution >= 4 is 0 Å². The van der Waals surface area contributed by atoms with Crippen molar-refractivity contribution < 1.29 is 5.11 Å². The maximum atomic E-state index is 9.86. The number of piperidine rings is 1. The fourth-order valence-corrected chi connectivity index (χ4v) is 2.39. The Labute approximate surface area is 93.6 Å². The molecule has 3 nitrogen and oxygen atoms in total. The fourth-order valence-electron chi connectivity index (χ4n) is 2.39. The van der Waals surface area contributed by atoms with Crippen LogP contribution < -0.4 is 5.73 Å². The molecule has 0 aromatic rings. The Bertz CT molecular complexity index is 184. The zero-order valence-electron chi connectivity index (χ0n) is 10.3. The van der Waals surface area contributed by atoms with Crippen LogP contribution in [0.3, 0.4) is 0 Å². The lowest BCUT2D eigenvalue weighted by atomic mass is 9.87. The Morgan fingerprint density at radius 1 is 1.40 bits per heavy atom. The van der Waals surface area contributed by atoms with E-state index in [0.29, 0.717) is 17.9 Å². The van der Waals surface area contributed by atoms with E-state index in [2.05, 4.69) is 25.7 Å². The molecule has 90 valence electrons. The van der Waals surface area contributed by atoms with Crippen LogP contribution in [0.25, 0.3) is 0 Å². The number of likely N-dealkylation sites (N-methyl/N-ethyl adjacent to an activating group) is 1. The van der Waals surface area contributed by atoms with E-state index in [0.717, 1.165) is 32.5 Å². The van der Waals surface area contributed by atoms with Crippen molar-refractivity contribution in [2.75, 3.05) is 19.6 Å². The Morgan fingerprint density at radius 3 is 2.60 bits per heavy atom. The number of rotatable bonds is 4. The van der Waals surface area contributed by atoms with E-state index >= 15 is 0 Å². The van der Waals surface area contributed by atoms with E-state index in [1.807, 2.05) is 0 Å². The second kappa shape index (κ2) is 5.83. The van der Waals surface area contributed by atoms with Crippen molar-refractivity contribution in [3.8, 4) is 0 Å². The van der Waals surface area contributed by atoms with Crippen molar-refractivity contribution in [2.45, 2.75) is 45.8 Å². The van der Waals surface area contributed by atoms with Gasteiger partial charge in [-0.15, -0.1) is 0 Å². The molecule has 0 bridgehead atoms. The topological polar surface area (TPSA) is 49.5 Å². The summed E-state index contributed by atoms with van der Waals surface area (Å²) >= 11 is 0. The summed E-state index contributed by atoms with van der Waals surface area (Å²) in [4.78, 5) is 2.39. The molecule has 0 aromatic carbocycles. The van der Waals surface area contributed by atoms with Gasteiger partial charge in [0.15, 0.2) is 0 Å². The maximum Gasteiger partial charge on any atom is 0.0566 e. The number of nitrogens with zero attached hydrogens (tertiary/aromatic N) is 1. The maximum absolute atomic E-state index is 9.86. The van der Waals surface area contributed by atoms with Crippen molar-refractivity contribution in [1.82, 2.24) is 4.90 Å². The number of aliphatic hydroxyl groups excluding tert-OH is 1. The van der Waals surface area contributed by atoms with Gasteiger partial charge in [0.1, 0.15) is 0 Å². The van der Waals surface area contributed by atoms with Crippen LogP contribution in [0.4, 0.5) is 0 Å². The molecule has 3 unspecified atom stereocenters. The molecule has 1 aliphatic heterocycles. The zero-order valence-corrected chi connectivity index (χ0v) is 10.3. The van der Waals surface area contributed by atoms with Crippen LogP contribution in [0.1, 0.15) is 33.6 Å². The summed E-state index contributed by atoms with van der Waals surface area (Å²) in [7, 11) is 0. The number of hydrogen-bond donors (Lipinski definition) is 2. The van der Waals surface area contributed by atoms with Gasteiger partial charge in [-0.1, -0.05) is 20.8 Å². The van der Waals surface area contributed by atoms with Gasteiger partial charge < -0.3 is 15.7 Å². The number of aliphatic hydroxyl groups is 1. The lowest BCUT2D eigenvalue weighted by Crippen LogP contribution is -2.47. The van der Waals surface area contributed by atoms with E-state index in [4.69, 9.17) is 5.73 Å². The van der Waals surface area contributed by atoms with Gasteiger partial charge in [0.05, 0.1) is 6.10 Å². The predicted octanol–water partition coefficient (Wildman–Crippen LogP) is 1.06. The monoisotopic (exact) mass is 214 g/mol. The summed E-state index contributed by atoms with van der Waals surface area (Å²) in [5, 5.41) is 9.86. The largest absolute Gasteiger partial charge is 0.393 e. The number of likely N-dealkylation sites (tertiary alicyclic amines) is 1. The molecule has 0 spiro atoms. The Morgan fingerprint density at radius 2 is 2.07 bits per heavy atom. The standard InChI is InChI=1S/C12H26N2O/c1-4-14-7-10(5-11(13)8-14)6-12(15)9(2)3/h9-12,15H,4-8,13H2,1-3H3. The second-order valence-electron chi connectivity index (χ2n) is 5.26. The first-order valence-electron chi connectivity index (χ1n) is 6.18. The SMILES string of the molecule is CCN1CC(N)CC(CC(O)C(C)C)C1. The van der Waals surface area contributed by atoms with Crippen molar-refractivity contribution in [1.29, 1.82) is 0 Å². The highest BCUT2D eigenvalue weighted by atomic mass is 16.3. The van der Waals surface area contributed by atoms with Gasteiger partial charge in [0.2, 0.25) is 0 Å². The van der Waals surface area contributed by atoms with Crippen molar-refractivity contribution in [2.24, 2.45) is 17.6 Å². The van der Waals surface area contributed by atoms with E-state index in [1.165, 1.54) is 0 Å². The summed E-state index contributed by atoms with van der Waals surface area (Å²) in [6.45, 7) is 9.52. The Balaban J connectivity index is 2.40. The van der Waals surface area contributed by atoms with Crippen molar-refractivity contribution in [3.05, 3.63) is 0 Å². The molecule has 0 saturated carbocycles. The average Bonchev–Trinajstić information content (AvgIpc) is 2.16. The third-order valence-corrected chi connectivity index (χ3v) is 3.44. The number of nitrogens with two attached hydrogens (primary N) is 1. The molecule has 1 saturated heterocycles. The summed E-state index contributed by atoms with van der Waals surface area (Å²) in [5.41, 5.74) is 6.02. The molecule has 15 heavy (non-hydrogen) atoms. The third kappa shape index (κ3) is 4.09. The minimum Gasteiger partial charge on any atom is -0.393 e. The second-order valence-corrected chi connectivity index (χ2v) is 5.26. The van der Waals surface area contributed by atoms with E-state index in [-0.39, 0.29) is 6.10 Å². The smallest absolute Gasteiger partial charge is 0.0566 e. The first-order valence-corrected chi connectivity index (χ1v) is 6.18. The first kappa shape index (κ1) is 12.9. The molecule has 3 N–H and O–H groups in total. The molecular formula is C12H26N2O. The highest BCUT2D eigenvalue weighted by molar-refractivity contribution is 4.82. The molecule has 1 fully saturated rings. The Kier molecular flexibility index (Phi) is 5.03. The Hall–Kier alpha value is -0.120. The van der Waals surface area contributed by atoms with Gasteiger partial charge in [-0.2, -0.15) is 0 Å². The summed E-state index contributed by atoms with van der Waals surface area (Å²) in [5.74, 6) is 0.935. The van der Waals surface area contributed by atoms with Crippen LogP contribution >= 0.6 is 0 Å². The van der Waals surface area contributed by atoms with Gasteiger partial charge in [-0.05, 0) is 31.2 Å². The molecule has 1 heterocycles. The van der Waals surface area contributed by atoms with Gasteiger partial charge in [0.25, 0.3) is 0 Å². The van der Waals surface area contributed by atoms with Gasteiger partial charge in [-0.25, -0.2) is 0 Å². The van der Waals surface area contributed by atoms with E-state index in [9.17, 15) is 5.11 Å². The third-order valence-electron chi connectivity index (χ3n) is 3.44. The molecule has 0 aliphatic carbocycles. The molecule has 0 amide bonds. The van der Waals surface area contributed by atoms with E-state index in [1.54, 1.807) is 0 Å². The molecular weight excluding hydrogens is 188 g/mol. The molecule has 0 radical (unpaired) electrons. The summed E-state index contributed by atoms with van der Waals surface area (Å²) in [6.07, 6.45) is 1.81.